The van der Waals surface area contributed by atoms with Gasteiger partial charge in [0.15, 0.2) is 0 Å². The summed E-state index contributed by atoms with van der Waals surface area (Å²) in [6, 6.07) is 1.62. The first kappa shape index (κ1) is 12.1. The third kappa shape index (κ3) is 3.28. The number of amides is 1. The Morgan fingerprint density at radius 2 is 2.44 bits per heavy atom. The molecule has 0 radical (unpaired) electrons. The fourth-order valence-corrected chi connectivity index (χ4v) is 1.27. The van der Waals surface area contributed by atoms with E-state index >= 15 is 0 Å². The number of pyridine rings is 1. The molecule has 16 heavy (non-hydrogen) atoms. The van der Waals surface area contributed by atoms with Crippen molar-refractivity contribution in [1.29, 1.82) is 0 Å². The van der Waals surface area contributed by atoms with E-state index in [1.165, 1.54) is 6.20 Å². The average molecular weight is 217 g/mol. The topological polar surface area (TPSA) is 68.0 Å². The lowest BCUT2D eigenvalue weighted by molar-refractivity contribution is 0.0952. The van der Waals surface area contributed by atoms with Crippen LogP contribution in [-0.2, 0) is 0 Å². The number of nitrogens with one attached hydrogen (secondary N) is 1. The second-order valence-corrected chi connectivity index (χ2v) is 3.47. The van der Waals surface area contributed by atoms with Crippen LogP contribution in [0.1, 0.15) is 28.9 Å². The predicted octanol–water partition coefficient (Wildman–Crippen LogP) is 1.12. The summed E-state index contributed by atoms with van der Waals surface area (Å²) in [6.45, 7) is 2.34. The lowest BCUT2D eigenvalue weighted by Crippen LogP contribution is -2.25. The normalized spacial score (nSPS) is 9.50. The van der Waals surface area contributed by atoms with Gasteiger partial charge in [-0.3, -0.25) is 9.78 Å². The fourth-order valence-electron chi connectivity index (χ4n) is 1.27. The summed E-state index contributed by atoms with van der Waals surface area (Å²) in [4.78, 5) is 15.7. The number of hydrogen-bond donors (Lipinski definition) is 2. The first-order chi connectivity index (χ1) is 7.65. The van der Waals surface area contributed by atoms with E-state index in [-0.39, 0.29) is 5.91 Å². The molecule has 1 aromatic rings. The number of unbranched alkanes of at least 4 members (excludes halogenated alkanes) is 1. The molecule has 4 nitrogen and oxygen atoms in total. The molecule has 3 N–H and O–H groups in total. The lowest BCUT2D eigenvalue weighted by Gasteiger charge is -2.06. The lowest BCUT2D eigenvalue weighted by atomic mass is 10.2. The molecule has 1 amide bonds. The van der Waals surface area contributed by atoms with Gasteiger partial charge in [-0.05, 0) is 19.4 Å². The molecule has 0 aromatic carbocycles. The Labute approximate surface area is 95.3 Å². The van der Waals surface area contributed by atoms with Crippen molar-refractivity contribution in [3.05, 3.63) is 23.5 Å². The first-order valence-corrected chi connectivity index (χ1v) is 5.09. The van der Waals surface area contributed by atoms with Gasteiger partial charge in [0.25, 0.3) is 5.91 Å². The molecular formula is C12H15N3O. The summed E-state index contributed by atoms with van der Waals surface area (Å²) in [5.74, 6) is 2.36. The number of anilines is 1. The minimum Gasteiger partial charge on any atom is -0.397 e. The largest absolute Gasteiger partial charge is 0.397 e. The van der Waals surface area contributed by atoms with E-state index in [1.54, 1.807) is 13.0 Å². The summed E-state index contributed by atoms with van der Waals surface area (Å²) in [7, 11) is 0. The van der Waals surface area contributed by atoms with Gasteiger partial charge in [-0.15, -0.1) is 12.3 Å². The van der Waals surface area contributed by atoms with Crippen LogP contribution < -0.4 is 11.1 Å². The van der Waals surface area contributed by atoms with Gasteiger partial charge >= 0.3 is 0 Å². The summed E-state index contributed by atoms with van der Waals surface area (Å²) in [5.41, 5.74) is 7.24. The van der Waals surface area contributed by atoms with Crippen molar-refractivity contribution in [3.63, 3.8) is 0 Å². The Balaban J connectivity index is 2.59. The van der Waals surface area contributed by atoms with E-state index in [0.717, 1.165) is 6.42 Å². The molecule has 0 saturated heterocycles. The SMILES string of the molecule is C#CCCCNC(=O)c1cc(N)cnc1C. The molecule has 0 saturated carbocycles. The second-order valence-electron chi connectivity index (χ2n) is 3.47. The van der Waals surface area contributed by atoms with Crippen LogP contribution >= 0.6 is 0 Å². The van der Waals surface area contributed by atoms with Gasteiger partial charge in [-0.2, -0.15) is 0 Å². The van der Waals surface area contributed by atoms with Crippen molar-refractivity contribution in [2.75, 3.05) is 12.3 Å². The maximum Gasteiger partial charge on any atom is 0.253 e. The highest BCUT2D eigenvalue weighted by atomic mass is 16.1. The highest BCUT2D eigenvalue weighted by Crippen LogP contribution is 2.09. The number of hydrogen-bond acceptors (Lipinski definition) is 3. The van der Waals surface area contributed by atoms with Crippen molar-refractivity contribution < 1.29 is 4.79 Å². The Morgan fingerprint density at radius 1 is 1.69 bits per heavy atom. The Hall–Kier alpha value is -2.02. The van der Waals surface area contributed by atoms with Crippen molar-refractivity contribution >= 4 is 11.6 Å². The number of nitrogen functional groups attached to an aromatic ring is 1. The van der Waals surface area contributed by atoms with E-state index in [9.17, 15) is 4.79 Å². The molecule has 0 fully saturated rings. The number of nitrogens with zero attached hydrogens (tertiary/aromatic N) is 1. The Morgan fingerprint density at radius 3 is 3.12 bits per heavy atom. The molecule has 0 aliphatic carbocycles. The van der Waals surface area contributed by atoms with Crippen LogP contribution in [0.15, 0.2) is 12.3 Å². The number of carbonyl (C=O) groups is 1. The van der Waals surface area contributed by atoms with Crippen molar-refractivity contribution in [2.24, 2.45) is 0 Å². The Kier molecular flexibility index (Phi) is 4.34. The van der Waals surface area contributed by atoms with Gasteiger partial charge in [0.1, 0.15) is 0 Å². The van der Waals surface area contributed by atoms with Crippen LogP contribution in [0.2, 0.25) is 0 Å². The predicted molar refractivity (Wildman–Crippen MR) is 63.8 cm³/mol. The highest BCUT2D eigenvalue weighted by molar-refractivity contribution is 5.95. The molecular weight excluding hydrogens is 202 g/mol. The van der Waals surface area contributed by atoms with Crippen LogP contribution in [0.5, 0.6) is 0 Å². The molecule has 0 aliphatic rings. The van der Waals surface area contributed by atoms with E-state index in [1.807, 2.05) is 0 Å². The van der Waals surface area contributed by atoms with Crippen LogP contribution in [0.25, 0.3) is 0 Å². The zero-order valence-electron chi connectivity index (χ0n) is 9.29. The maximum absolute atomic E-state index is 11.7. The summed E-state index contributed by atoms with van der Waals surface area (Å²) >= 11 is 0. The standard InChI is InChI=1S/C12H15N3O/c1-3-4-5-6-14-12(16)11-7-10(13)8-15-9(11)2/h1,7-8H,4-6,13H2,2H3,(H,14,16). The van der Waals surface area contributed by atoms with Crippen LogP contribution in [-0.4, -0.2) is 17.4 Å². The number of nitrogens with two attached hydrogens (primary N) is 1. The number of aryl methyl sites for hydroxylation is 1. The molecule has 0 unspecified atom stereocenters. The van der Waals surface area contributed by atoms with E-state index in [2.05, 4.69) is 16.2 Å². The van der Waals surface area contributed by atoms with Crippen molar-refractivity contribution in [1.82, 2.24) is 10.3 Å². The van der Waals surface area contributed by atoms with Gasteiger partial charge in [0.05, 0.1) is 23.1 Å². The molecule has 1 rings (SSSR count). The van der Waals surface area contributed by atoms with Crippen molar-refractivity contribution in [2.45, 2.75) is 19.8 Å². The monoisotopic (exact) mass is 217 g/mol. The van der Waals surface area contributed by atoms with E-state index < -0.39 is 0 Å². The van der Waals surface area contributed by atoms with Gasteiger partial charge in [-0.1, -0.05) is 0 Å². The zero-order chi connectivity index (χ0) is 12.0. The molecule has 1 aromatic heterocycles. The molecule has 1 heterocycles. The van der Waals surface area contributed by atoms with Crippen LogP contribution in [0, 0.1) is 19.3 Å². The van der Waals surface area contributed by atoms with Gasteiger partial charge < -0.3 is 11.1 Å². The second kappa shape index (κ2) is 5.76. The molecule has 0 atom stereocenters. The third-order valence-electron chi connectivity index (χ3n) is 2.14. The van der Waals surface area contributed by atoms with E-state index in [4.69, 9.17) is 12.2 Å². The third-order valence-corrected chi connectivity index (χ3v) is 2.14. The number of aromatic nitrogens is 1. The minimum absolute atomic E-state index is 0.158. The van der Waals surface area contributed by atoms with E-state index in [0.29, 0.717) is 29.9 Å². The summed E-state index contributed by atoms with van der Waals surface area (Å²) in [6.07, 6.45) is 8.08. The quantitative estimate of drug-likeness (QED) is 0.586. The van der Waals surface area contributed by atoms with Gasteiger partial charge in [0.2, 0.25) is 0 Å². The number of rotatable bonds is 4. The Bertz CT molecular complexity index is 421. The number of terminal acetylenes is 1. The number of carbonyl (C=O) groups excluding carboxylic acids is 1. The molecule has 0 aliphatic heterocycles. The van der Waals surface area contributed by atoms with Gasteiger partial charge in [0, 0.05) is 13.0 Å². The average Bonchev–Trinajstić information content (AvgIpc) is 2.27. The van der Waals surface area contributed by atoms with Gasteiger partial charge in [-0.25, -0.2) is 0 Å². The summed E-state index contributed by atoms with van der Waals surface area (Å²) < 4.78 is 0. The maximum atomic E-state index is 11.7. The first-order valence-electron chi connectivity index (χ1n) is 5.09. The van der Waals surface area contributed by atoms with Crippen molar-refractivity contribution in [3.8, 4) is 12.3 Å². The highest BCUT2D eigenvalue weighted by Gasteiger charge is 2.09. The summed E-state index contributed by atoms with van der Waals surface area (Å²) in [5, 5.41) is 2.77. The van der Waals surface area contributed by atoms with Crippen LogP contribution in [0.3, 0.4) is 0 Å². The molecule has 0 bridgehead atoms. The zero-order valence-corrected chi connectivity index (χ0v) is 9.29. The molecule has 4 heteroatoms. The minimum atomic E-state index is -0.158. The smallest absolute Gasteiger partial charge is 0.253 e. The molecule has 0 spiro atoms. The molecule has 84 valence electrons. The fraction of sp³-hybridized carbons (Fsp3) is 0.333. The van der Waals surface area contributed by atoms with Crippen LogP contribution in [0.4, 0.5) is 5.69 Å².